The molecule has 0 unspecified atom stereocenters. The van der Waals surface area contributed by atoms with Crippen LogP contribution in [0.25, 0.3) is 0 Å². The van der Waals surface area contributed by atoms with Crippen LogP contribution < -0.4 is 5.32 Å². The first-order valence-electron chi connectivity index (χ1n) is 8.39. The van der Waals surface area contributed by atoms with Crippen molar-refractivity contribution in [1.29, 1.82) is 5.26 Å². The minimum Gasteiger partial charge on any atom is -0.322 e. The lowest BCUT2D eigenvalue weighted by Crippen LogP contribution is -2.49. The zero-order chi connectivity index (χ0) is 17.6. The zero-order valence-corrected chi connectivity index (χ0v) is 15.1. The van der Waals surface area contributed by atoms with Crippen LogP contribution in [0.4, 0.5) is 10.5 Å². The number of aryl methyl sites for hydroxylation is 1. The molecule has 1 saturated heterocycles. The van der Waals surface area contributed by atoms with Crippen molar-refractivity contribution in [2.24, 2.45) is 0 Å². The summed E-state index contributed by atoms with van der Waals surface area (Å²) < 4.78 is 0. The Morgan fingerprint density at radius 3 is 2.60 bits per heavy atom. The summed E-state index contributed by atoms with van der Waals surface area (Å²) in [4.78, 5) is 21.1. The number of hydrogen-bond donors (Lipinski definition) is 1. The van der Waals surface area contributed by atoms with Crippen LogP contribution in [0, 0.1) is 11.3 Å². The minimum absolute atomic E-state index is 0.0914. The number of carbonyl (C=O) groups excluding carboxylic acids is 1. The average Bonchev–Trinajstić information content (AvgIpc) is 3.10. The summed E-state index contributed by atoms with van der Waals surface area (Å²) in [6.07, 6.45) is 0.980. The maximum atomic E-state index is 12.3. The van der Waals surface area contributed by atoms with Crippen molar-refractivity contribution in [3.05, 3.63) is 45.9 Å². The molecule has 0 bridgehead atoms. The van der Waals surface area contributed by atoms with Gasteiger partial charge in [-0.25, -0.2) is 9.78 Å². The molecule has 2 aromatic rings. The second kappa shape index (κ2) is 8.10. The predicted molar refractivity (Wildman–Crippen MR) is 98.5 cm³/mol. The molecule has 130 valence electrons. The van der Waals surface area contributed by atoms with Crippen LogP contribution >= 0.6 is 11.3 Å². The Balaban J connectivity index is 1.47. The highest BCUT2D eigenvalue weighted by Crippen LogP contribution is 2.15. The molecule has 1 aliphatic heterocycles. The second-order valence-corrected chi connectivity index (χ2v) is 6.91. The number of anilines is 1. The molecule has 25 heavy (non-hydrogen) atoms. The topological polar surface area (TPSA) is 72.3 Å². The van der Waals surface area contributed by atoms with Crippen molar-refractivity contribution in [1.82, 2.24) is 14.8 Å². The number of carbonyl (C=O) groups is 1. The average molecular weight is 355 g/mol. The molecule has 2 amide bonds. The van der Waals surface area contributed by atoms with E-state index in [9.17, 15) is 4.79 Å². The third-order valence-electron chi connectivity index (χ3n) is 4.21. The quantitative estimate of drug-likeness (QED) is 0.915. The number of hydrogen-bond acceptors (Lipinski definition) is 5. The zero-order valence-electron chi connectivity index (χ0n) is 14.2. The monoisotopic (exact) mass is 355 g/mol. The third kappa shape index (κ3) is 4.56. The molecule has 3 rings (SSSR count). The first-order valence-corrected chi connectivity index (χ1v) is 9.27. The van der Waals surface area contributed by atoms with Crippen LogP contribution in [0.2, 0.25) is 0 Å². The number of urea groups is 1. The number of nitriles is 1. The molecule has 0 radical (unpaired) electrons. The highest BCUT2D eigenvalue weighted by molar-refractivity contribution is 7.09. The van der Waals surface area contributed by atoms with Gasteiger partial charge in [-0.05, 0) is 30.7 Å². The molecule has 2 heterocycles. The first-order chi connectivity index (χ1) is 12.2. The molecule has 0 spiro atoms. The molecule has 1 aromatic carbocycles. The van der Waals surface area contributed by atoms with E-state index in [0.717, 1.165) is 31.7 Å². The number of amides is 2. The van der Waals surface area contributed by atoms with Crippen LogP contribution in [0.3, 0.4) is 0 Å². The molecule has 1 fully saturated rings. The lowest BCUT2D eigenvalue weighted by molar-refractivity contribution is 0.142. The fourth-order valence-corrected chi connectivity index (χ4v) is 3.49. The Bertz CT molecular complexity index is 757. The van der Waals surface area contributed by atoms with Gasteiger partial charge in [0.25, 0.3) is 0 Å². The number of benzene rings is 1. The van der Waals surface area contributed by atoms with E-state index < -0.39 is 0 Å². The van der Waals surface area contributed by atoms with E-state index in [1.807, 2.05) is 4.90 Å². The van der Waals surface area contributed by atoms with E-state index in [4.69, 9.17) is 5.26 Å². The Labute approximate surface area is 151 Å². The second-order valence-electron chi connectivity index (χ2n) is 5.97. The summed E-state index contributed by atoms with van der Waals surface area (Å²) in [5.41, 5.74) is 2.42. The van der Waals surface area contributed by atoms with Gasteiger partial charge in [-0.3, -0.25) is 4.90 Å². The van der Waals surface area contributed by atoms with Crippen LogP contribution in [0.1, 0.15) is 23.2 Å². The van der Waals surface area contributed by atoms with Gasteiger partial charge in [0.2, 0.25) is 0 Å². The van der Waals surface area contributed by atoms with E-state index in [1.54, 1.807) is 35.6 Å². The molecule has 0 aliphatic carbocycles. The summed E-state index contributed by atoms with van der Waals surface area (Å²) in [6.45, 7) is 6.06. The highest BCUT2D eigenvalue weighted by Gasteiger charge is 2.21. The SMILES string of the molecule is CCc1nc(CN2CCN(C(=O)Nc3ccc(C#N)cc3)CC2)cs1. The molecule has 1 aromatic heterocycles. The van der Waals surface area contributed by atoms with E-state index in [0.29, 0.717) is 24.3 Å². The Kier molecular flexibility index (Phi) is 5.64. The van der Waals surface area contributed by atoms with Crippen molar-refractivity contribution in [3.8, 4) is 6.07 Å². The summed E-state index contributed by atoms with van der Waals surface area (Å²) in [7, 11) is 0. The van der Waals surface area contributed by atoms with Crippen molar-refractivity contribution in [2.75, 3.05) is 31.5 Å². The van der Waals surface area contributed by atoms with Crippen LogP contribution in [0.5, 0.6) is 0 Å². The predicted octanol–water partition coefficient (Wildman–Crippen LogP) is 2.93. The molecule has 6 nitrogen and oxygen atoms in total. The Morgan fingerprint density at radius 1 is 1.28 bits per heavy atom. The minimum atomic E-state index is -0.0914. The number of rotatable bonds is 4. The Morgan fingerprint density at radius 2 is 2.00 bits per heavy atom. The first kappa shape index (κ1) is 17.4. The fourth-order valence-electron chi connectivity index (χ4n) is 2.75. The normalized spacial score (nSPS) is 15.0. The molecule has 1 aliphatic rings. The summed E-state index contributed by atoms with van der Waals surface area (Å²) in [6, 6.07) is 8.88. The summed E-state index contributed by atoms with van der Waals surface area (Å²) in [5, 5.41) is 15.0. The molecule has 7 heteroatoms. The van der Waals surface area contributed by atoms with Gasteiger partial charge in [0, 0.05) is 43.8 Å². The van der Waals surface area contributed by atoms with Gasteiger partial charge in [-0.2, -0.15) is 5.26 Å². The van der Waals surface area contributed by atoms with Crippen molar-refractivity contribution < 1.29 is 4.79 Å². The standard InChI is InChI=1S/C18H21N5OS/c1-2-17-20-16(13-25-17)12-22-7-9-23(10-8-22)18(24)21-15-5-3-14(11-19)4-6-15/h3-6,13H,2,7-10,12H2,1H3,(H,21,24). The van der Waals surface area contributed by atoms with E-state index in [-0.39, 0.29) is 6.03 Å². The molecular weight excluding hydrogens is 334 g/mol. The van der Waals surface area contributed by atoms with Gasteiger partial charge in [0.05, 0.1) is 22.3 Å². The van der Waals surface area contributed by atoms with Crippen LogP contribution in [-0.4, -0.2) is 47.0 Å². The van der Waals surface area contributed by atoms with Crippen LogP contribution in [0.15, 0.2) is 29.6 Å². The van der Waals surface area contributed by atoms with Gasteiger partial charge >= 0.3 is 6.03 Å². The van der Waals surface area contributed by atoms with Crippen molar-refractivity contribution in [2.45, 2.75) is 19.9 Å². The number of aromatic nitrogens is 1. The smallest absolute Gasteiger partial charge is 0.321 e. The van der Waals surface area contributed by atoms with E-state index in [1.165, 1.54) is 5.01 Å². The summed E-state index contributed by atoms with van der Waals surface area (Å²) >= 11 is 1.71. The van der Waals surface area contributed by atoms with Crippen LogP contribution in [-0.2, 0) is 13.0 Å². The molecule has 1 N–H and O–H groups in total. The fraction of sp³-hybridized carbons (Fsp3) is 0.389. The van der Waals surface area contributed by atoms with Gasteiger partial charge in [-0.15, -0.1) is 11.3 Å². The summed E-state index contributed by atoms with van der Waals surface area (Å²) in [5.74, 6) is 0. The lowest BCUT2D eigenvalue weighted by atomic mass is 10.2. The Hall–Kier alpha value is -2.43. The van der Waals surface area contributed by atoms with Gasteiger partial charge < -0.3 is 10.2 Å². The highest BCUT2D eigenvalue weighted by atomic mass is 32.1. The van der Waals surface area contributed by atoms with E-state index in [2.05, 4.69) is 33.6 Å². The molecule has 0 saturated carbocycles. The third-order valence-corrected chi connectivity index (χ3v) is 5.25. The largest absolute Gasteiger partial charge is 0.322 e. The number of nitrogens with zero attached hydrogens (tertiary/aromatic N) is 4. The number of nitrogens with one attached hydrogen (secondary N) is 1. The molecular formula is C18H21N5OS. The molecule has 0 atom stereocenters. The van der Waals surface area contributed by atoms with E-state index >= 15 is 0 Å². The van der Waals surface area contributed by atoms with Crippen molar-refractivity contribution in [3.63, 3.8) is 0 Å². The van der Waals surface area contributed by atoms with Gasteiger partial charge in [-0.1, -0.05) is 6.92 Å². The van der Waals surface area contributed by atoms with Gasteiger partial charge in [0.15, 0.2) is 0 Å². The van der Waals surface area contributed by atoms with Gasteiger partial charge in [0.1, 0.15) is 0 Å². The maximum absolute atomic E-state index is 12.3. The number of thiazole rings is 1. The lowest BCUT2D eigenvalue weighted by Gasteiger charge is -2.34. The number of piperazine rings is 1. The maximum Gasteiger partial charge on any atom is 0.321 e. The van der Waals surface area contributed by atoms with Crippen molar-refractivity contribution >= 4 is 23.1 Å².